The number of fused-ring (bicyclic) bond motifs is 1. The highest BCUT2D eigenvalue weighted by Gasteiger charge is 2.25. The van der Waals surface area contributed by atoms with E-state index >= 15 is 0 Å². The first-order valence-corrected chi connectivity index (χ1v) is 12.6. The Hall–Kier alpha value is -4.01. The van der Waals surface area contributed by atoms with Gasteiger partial charge >= 0.3 is 0 Å². The highest BCUT2D eigenvalue weighted by atomic mass is 35.5. The summed E-state index contributed by atoms with van der Waals surface area (Å²) in [5.74, 6) is 1.22. The molecule has 0 unspecified atom stereocenters. The number of carbonyl (C=O) groups is 1. The van der Waals surface area contributed by atoms with Crippen molar-refractivity contribution in [3.8, 4) is 5.75 Å². The number of nitrogens with two attached hydrogens (primary N) is 1. The number of amidine groups is 2. The van der Waals surface area contributed by atoms with E-state index < -0.39 is 0 Å². The summed E-state index contributed by atoms with van der Waals surface area (Å²) < 4.78 is 6.11. The van der Waals surface area contributed by atoms with Crippen LogP contribution in [0.15, 0.2) is 71.7 Å². The summed E-state index contributed by atoms with van der Waals surface area (Å²) in [7, 11) is 0. The summed E-state index contributed by atoms with van der Waals surface area (Å²) in [6.45, 7) is 6.80. The molecule has 0 saturated heterocycles. The number of hydrogen-bond acceptors (Lipinski definition) is 6. The monoisotopic (exact) mass is 532 g/mol. The third kappa shape index (κ3) is 7.27. The molecule has 1 amide bonds. The summed E-state index contributed by atoms with van der Waals surface area (Å²) in [4.78, 5) is 16.2. The smallest absolute Gasteiger partial charge is 0.216 e. The Morgan fingerprint density at radius 2 is 1.79 bits per heavy atom. The van der Waals surface area contributed by atoms with Gasteiger partial charge in [-0.15, -0.1) is 0 Å². The Morgan fingerprint density at radius 3 is 2.37 bits per heavy atom. The van der Waals surface area contributed by atoms with Gasteiger partial charge in [0.05, 0.1) is 17.9 Å². The van der Waals surface area contributed by atoms with Crippen LogP contribution in [0.1, 0.15) is 43.0 Å². The van der Waals surface area contributed by atoms with E-state index in [2.05, 4.69) is 5.32 Å². The fraction of sp³-hybridized carbons (Fsp3) is 0.241. The van der Waals surface area contributed by atoms with Gasteiger partial charge in [-0.05, 0) is 55.3 Å². The number of benzene rings is 3. The second-order valence-electron chi connectivity index (χ2n) is 8.57. The molecular formula is C29H33ClN6O2. The minimum atomic E-state index is 0.0394. The maximum Gasteiger partial charge on any atom is 0.216 e. The minimum Gasteiger partial charge on any atom is -0.489 e. The van der Waals surface area contributed by atoms with Crippen LogP contribution in [0.5, 0.6) is 5.75 Å². The Labute approximate surface area is 228 Å². The van der Waals surface area contributed by atoms with Crippen molar-refractivity contribution in [3.63, 3.8) is 0 Å². The summed E-state index contributed by atoms with van der Waals surface area (Å²) in [5.41, 5.74) is 11.1. The number of carbonyl (C=O) groups excluding carboxylic acids is 1. The molecular weight excluding hydrogens is 500 g/mol. The molecule has 0 fully saturated rings. The van der Waals surface area contributed by atoms with Crippen molar-refractivity contribution in [2.24, 2.45) is 10.7 Å². The molecule has 8 nitrogen and oxygen atoms in total. The third-order valence-corrected chi connectivity index (χ3v) is 5.98. The average Bonchev–Trinajstić information content (AvgIpc) is 3.04. The maximum absolute atomic E-state index is 9.93. The van der Waals surface area contributed by atoms with Gasteiger partial charge in [-0.25, -0.2) is 0 Å². The molecule has 4 rings (SSSR count). The van der Waals surface area contributed by atoms with E-state index in [0.717, 1.165) is 40.2 Å². The summed E-state index contributed by atoms with van der Waals surface area (Å²) in [5, 5.41) is 19.9. The molecule has 5 N–H and O–H groups in total. The molecule has 1 heterocycles. The SMILES string of the molecule is CC(=N)N1C(=N)CN=C(c2ccc(Cl)cc2)c2cc(OCc3ccccc3CN)ccc21.CCNC(C)=O. The first-order chi connectivity index (χ1) is 18.2. The van der Waals surface area contributed by atoms with Crippen LogP contribution >= 0.6 is 11.6 Å². The van der Waals surface area contributed by atoms with Gasteiger partial charge in [0.1, 0.15) is 24.0 Å². The predicted molar refractivity (Wildman–Crippen MR) is 155 cm³/mol. The van der Waals surface area contributed by atoms with Crippen molar-refractivity contribution in [2.75, 3.05) is 18.0 Å². The molecule has 0 aliphatic carbocycles. The number of rotatable bonds is 6. The van der Waals surface area contributed by atoms with Gasteiger partial charge in [-0.1, -0.05) is 48.0 Å². The number of nitrogens with one attached hydrogen (secondary N) is 3. The van der Waals surface area contributed by atoms with E-state index in [9.17, 15) is 4.79 Å². The van der Waals surface area contributed by atoms with Gasteiger partial charge in [0, 0.05) is 36.2 Å². The van der Waals surface area contributed by atoms with E-state index in [-0.39, 0.29) is 24.1 Å². The number of halogens is 1. The van der Waals surface area contributed by atoms with E-state index in [1.165, 1.54) is 6.92 Å². The second kappa shape index (κ2) is 13.5. The highest BCUT2D eigenvalue weighted by molar-refractivity contribution is 6.31. The Morgan fingerprint density at radius 1 is 1.11 bits per heavy atom. The van der Waals surface area contributed by atoms with Gasteiger partial charge in [-0.3, -0.25) is 25.5 Å². The van der Waals surface area contributed by atoms with E-state index in [4.69, 9.17) is 37.9 Å². The molecule has 0 aromatic heterocycles. The van der Waals surface area contributed by atoms with Crippen LogP contribution in [0.2, 0.25) is 5.02 Å². The van der Waals surface area contributed by atoms with Crippen molar-refractivity contribution in [2.45, 2.75) is 33.9 Å². The van der Waals surface area contributed by atoms with E-state index in [0.29, 0.717) is 23.9 Å². The lowest BCUT2D eigenvalue weighted by molar-refractivity contribution is -0.118. The molecule has 0 atom stereocenters. The lowest BCUT2D eigenvalue weighted by atomic mass is 9.99. The summed E-state index contributed by atoms with van der Waals surface area (Å²) in [6, 6.07) is 21.0. The van der Waals surface area contributed by atoms with Crippen LogP contribution in [0.25, 0.3) is 0 Å². The number of ether oxygens (including phenoxy) is 1. The zero-order valence-corrected chi connectivity index (χ0v) is 22.6. The lowest BCUT2D eigenvalue weighted by Crippen LogP contribution is -2.35. The van der Waals surface area contributed by atoms with Crippen LogP contribution in [0.4, 0.5) is 5.69 Å². The Kier molecular flexibility index (Phi) is 10.2. The van der Waals surface area contributed by atoms with Crippen LogP contribution in [-0.4, -0.2) is 36.4 Å². The molecule has 0 bridgehead atoms. The Bertz CT molecular complexity index is 1340. The predicted octanol–water partition coefficient (Wildman–Crippen LogP) is 5.15. The van der Waals surface area contributed by atoms with E-state index in [1.807, 2.05) is 73.7 Å². The zero-order chi connectivity index (χ0) is 27.7. The number of hydrogen-bond donors (Lipinski definition) is 4. The minimum absolute atomic E-state index is 0.0394. The first-order valence-electron chi connectivity index (χ1n) is 12.3. The molecule has 1 aliphatic heterocycles. The molecule has 198 valence electrons. The number of nitrogens with zero attached hydrogens (tertiary/aromatic N) is 2. The van der Waals surface area contributed by atoms with Crippen molar-refractivity contribution >= 4 is 40.6 Å². The Balaban J connectivity index is 0.000000599. The molecule has 0 saturated carbocycles. The quantitative estimate of drug-likeness (QED) is 0.258. The van der Waals surface area contributed by atoms with Gasteiger partial charge in [0.25, 0.3) is 0 Å². The molecule has 38 heavy (non-hydrogen) atoms. The largest absolute Gasteiger partial charge is 0.489 e. The third-order valence-electron chi connectivity index (χ3n) is 5.73. The van der Waals surface area contributed by atoms with Crippen LogP contribution in [0, 0.1) is 10.8 Å². The van der Waals surface area contributed by atoms with Gasteiger partial charge in [-0.2, -0.15) is 0 Å². The highest BCUT2D eigenvalue weighted by Crippen LogP contribution is 2.31. The fourth-order valence-corrected chi connectivity index (χ4v) is 4.12. The van der Waals surface area contributed by atoms with Gasteiger partial charge in [0.15, 0.2) is 0 Å². The topological polar surface area (TPSA) is 128 Å². The average molecular weight is 533 g/mol. The summed E-state index contributed by atoms with van der Waals surface area (Å²) in [6.07, 6.45) is 0. The van der Waals surface area contributed by atoms with Gasteiger partial charge < -0.3 is 15.8 Å². The fourth-order valence-electron chi connectivity index (χ4n) is 3.99. The maximum atomic E-state index is 9.93. The lowest BCUT2D eigenvalue weighted by Gasteiger charge is -2.24. The van der Waals surface area contributed by atoms with Crippen LogP contribution in [-0.2, 0) is 17.9 Å². The van der Waals surface area contributed by atoms with Crippen LogP contribution in [0.3, 0.4) is 0 Å². The normalized spacial score (nSPS) is 12.4. The van der Waals surface area contributed by atoms with Crippen LogP contribution < -0.4 is 20.7 Å². The molecule has 1 aliphatic rings. The first kappa shape index (κ1) is 28.6. The number of anilines is 1. The molecule has 0 radical (unpaired) electrons. The number of benzodiazepines with no additional fused rings is 1. The number of aliphatic imine (C=N–C) groups is 1. The van der Waals surface area contributed by atoms with Gasteiger partial charge in [0.2, 0.25) is 5.91 Å². The van der Waals surface area contributed by atoms with Crippen molar-refractivity contribution < 1.29 is 9.53 Å². The van der Waals surface area contributed by atoms with Crippen molar-refractivity contribution in [1.82, 2.24) is 5.32 Å². The molecule has 0 spiro atoms. The second-order valence-corrected chi connectivity index (χ2v) is 9.00. The van der Waals surface area contributed by atoms with E-state index in [1.54, 1.807) is 11.8 Å². The van der Waals surface area contributed by atoms with Crippen molar-refractivity contribution in [1.29, 1.82) is 10.8 Å². The zero-order valence-electron chi connectivity index (χ0n) is 21.8. The summed E-state index contributed by atoms with van der Waals surface area (Å²) >= 11 is 6.08. The molecule has 9 heteroatoms. The number of amides is 1. The molecule has 3 aromatic rings. The molecule has 3 aromatic carbocycles. The van der Waals surface area contributed by atoms with Crippen molar-refractivity contribution in [3.05, 3.63) is 94.0 Å². The standard InChI is InChI=1S/C25H24ClN5O.C4H9NO/c1-16(28)31-23-11-10-21(32-15-19-5-3-2-4-18(19)13-27)12-22(23)25(30-14-24(31)29)17-6-8-20(26)9-7-17;1-3-5-4(2)6/h2-12,28-29H,13-15,27H2,1H3;3H2,1-2H3,(H,5,6).